The predicted molar refractivity (Wildman–Crippen MR) is 114 cm³/mol. The number of Topliss-reactive ketones (excluding diaryl/α,β-unsaturated/α-hetero) is 1. The van der Waals surface area contributed by atoms with Crippen LogP contribution in [-0.2, 0) is 20.9 Å². The van der Waals surface area contributed by atoms with E-state index in [0.717, 1.165) is 0 Å². The summed E-state index contributed by atoms with van der Waals surface area (Å²) in [7, 11) is 3.08. The third-order valence-electron chi connectivity index (χ3n) is 4.14. The van der Waals surface area contributed by atoms with Crippen LogP contribution in [0.1, 0.15) is 33.2 Å². The van der Waals surface area contributed by atoms with E-state index in [0.29, 0.717) is 40.5 Å². The van der Waals surface area contributed by atoms with E-state index in [2.05, 4.69) is 5.32 Å². The molecule has 0 fully saturated rings. The molecule has 2 rings (SSSR count). The van der Waals surface area contributed by atoms with Crippen molar-refractivity contribution in [3.8, 4) is 5.75 Å². The van der Waals surface area contributed by atoms with Gasteiger partial charge in [-0.15, -0.1) is 11.8 Å². The Morgan fingerprint density at radius 1 is 1.07 bits per heavy atom. The maximum Gasteiger partial charge on any atom is 0.339 e. The van der Waals surface area contributed by atoms with Crippen molar-refractivity contribution >= 4 is 29.4 Å². The van der Waals surface area contributed by atoms with Crippen molar-refractivity contribution in [2.75, 3.05) is 33.1 Å². The first-order chi connectivity index (χ1) is 14.5. The van der Waals surface area contributed by atoms with Crippen LogP contribution in [0.25, 0.3) is 0 Å². The quantitative estimate of drug-likeness (QED) is 0.253. The van der Waals surface area contributed by atoms with Crippen LogP contribution in [0.15, 0.2) is 47.4 Å². The molecule has 0 spiro atoms. The Labute approximate surface area is 180 Å². The van der Waals surface area contributed by atoms with E-state index < -0.39 is 5.97 Å². The highest BCUT2D eigenvalue weighted by Crippen LogP contribution is 2.25. The Kier molecular flexibility index (Phi) is 9.37. The predicted octanol–water partition coefficient (Wildman–Crippen LogP) is 3.11. The molecule has 0 bridgehead atoms. The van der Waals surface area contributed by atoms with Gasteiger partial charge < -0.3 is 19.5 Å². The van der Waals surface area contributed by atoms with Crippen LogP contribution in [0.2, 0.25) is 0 Å². The molecule has 30 heavy (non-hydrogen) atoms. The number of hydrogen-bond donors (Lipinski definition) is 1. The Morgan fingerprint density at radius 2 is 1.83 bits per heavy atom. The molecule has 1 amide bonds. The summed E-state index contributed by atoms with van der Waals surface area (Å²) in [6, 6.07) is 11.9. The highest BCUT2D eigenvalue weighted by atomic mass is 32.2. The average Bonchev–Trinajstić information content (AvgIpc) is 2.76. The van der Waals surface area contributed by atoms with Crippen LogP contribution in [0.4, 0.5) is 0 Å². The maximum absolute atomic E-state index is 12.7. The first-order valence-electron chi connectivity index (χ1n) is 9.28. The summed E-state index contributed by atoms with van der Waals surface area (Å²) in [6.45, 7) is 2.30. The number of carbonyl (C=O) groups is 3. The van der Waals surface area contributed by atoms with Gasteiger partial charge in [-0.25, -0.2) is 4.79 Å². The van der Waals surface area contributed by atoms with E-state index in [4.69, 9.17) is 14.2 Å². The molecule has 8 heteroatoms. The van der Waals surface area contributed by atoms with Gasteiger partial charge in [-0.2, -0.15) is 0 Å². The number of nitrogens with one attached hydrogen (secondary N) is 1. The molecule has 0 radical (unpaired) electrons. The number of amides is 1. The molecule has 0 aromatic heterocycles. The zero-order chi connectivity index (χ0) is 21.9. The zero-order valence-corrected chi connectivity index (χ0v) is 18.0. The summed E-state index contributed by atoms with van der Waals surface area (Å²) < 4.78 is 15.6. The molecule has 0 saturated heterocycles. The summed E-state index contributed by atoms with van der Waals surface area (Å²) in [4.78, 5) is 36.8. The van der Waals surface area contributed by atoms with Crippen molar-refractivity contribution in [3.05, 3.63) is 59.2 Å². The summed E-state index contributed by atoms with van der Waals surface area (Å²) in [6.07, 6.45) is 0. The van der Waals surface area contributed by atoms with Crippen LogP contribution in [0.5, 0.6) is 5.75 Å². The third kappa shape index (κ3) is 6.89. The Balaban J connectivity index is 2.03. The standard InChI is InChI=1S/C22H25NO6S/c1-15(24)16-8-9-19(28-3)17(12-16)13-29-22(26)18-6-4-5-7-20(18)30-14-21(25)23-10-11-27-2/h4-9,12H,10-11,13-14H2,1-3H3,(H,23,25). The van der Waals surface area contributed by atoms with Crippen molar-refractivity contribution in [1.29, 1.82) is 0 Å². The largest absolute Gasteiger partial charge is 0.496 e. The fourth-order valence-electron chi connectivity index (χ4n) is 2.58. The van der Waals surface area contributed by atoms with Crippen molar-refractivity contribution in [1.82, 2.24) is 5.32 Å². The second-order valence-corrected chi connectivity index (χ2v) is 7.30. The second-order valence-electron chi connectivity index (χ2n) is 6.29. The maximum atomic E-state index is 12.7. The number of ketones is 1. The van der Waals surface area contributed by atoms with Crippen molar-refractivity contribution in [2.24, 2.45) is 0 Å². The third-order valence-corrected chi connectivity index (χ3v) is 5.21. The number of hydrogen-bond acceptors (Lipinski definition) is 7. The van der Waals surface area contributed by atoms with Crippen molar-refractivity contribution < 1.29 is 28.6 Å². The topological polar surface area (TPSA) is 90.9 Å². The van der Waals surface area contributed by atoms with Gasteiger partial charge in [0, 0.05) is 29.7 Å². The SMILES string of the molecule is COCCNC(=O)CSc1ccccc1C(=O)OCc1cc(C(C)=O)ccc1OC. The van der Waals surface area contributed by atoms with Gasteiger partial charge in [-0.3, -0.25) is 9.59 Å². The fourth-order valence-corrected chi connectivity index (χ4v) is 3.45. The van der Waals surface area contributed by atoms with Crippen LogP contribution in [0.3, 0.4) is 0 Å². The molecule has 0 aliphatic carbocycles. The number of rotatable bonds is 11. The molecule has 1 N–H and O–H groups in total. The lowest BCUT2D eigenvalue weighted by Gasteiger charge is -2.12. The summed E-state index contributed by atoms with van der Waals surface area (Å²) in [5.74, 6) is -0.0548. The minimum atomic E-state index is -0.520. The lowest BCUT2D eigenvalue weighted by Crippen LogP contribution is -2.28. The molecule has 2 aromatic rings. The molecule has 0 unspecified atom stereocenters. The van der Waals surface area contributed by atoms with Gasteiger partial charge in [0.2, 0.25) is 5.91 Å². The number of ether oxygens (including phenoxy) is 3. The molecule has 160 valence electrons. The van der Waals surface area contributed by atoms with Gasteiger partial charge >= 0.3 is 5.97 Å². The smallest absolute Gasteiger partial charge is 0.339 e. The highest BCUT2D eigenvalue weighted by Gasteiger charge is 2.16. The van der Waals surface area contributed by atoms with E-state index in [1.165, 1.54) is 25.8 Å². The van der Waals surface area contributed by atoms with Gasteiger partial charge in [0.1, 0.15) is 12.4 Å². The average molecular weight is 432 g/mol. The van der Waals surface area contributed by atoms with Gasteiger partial charge in [0.15, 0.2) is 5.78 Å². The Bertz CT molecular complexity index is 899. The van der Waals surface area contributed by atoms with E-state index >= 15 is 0 Å². The van der Waals surface area contributed by atoms with Crippen LogP contribution in [-0.4, -0.2) is 50.8 Å². The Hall–Kier alpha value is -2.84. The zero-order valence-electron chi connectivity index (χ0n) is 17.2. The first-order valence-corrected chi connectivity index (χ1v) is 10.3. The van der Waals surface area contributed by atoms with Crippen LogP contribution >= 0.6 is 11.8 Å². The van der Waals surface area contributed by atoms with Crippen molar-refractivity contribution in [2.45, 2.75) is 18.4 Å². The summed E-state index contributed by atoms with van der Waals surface area (Å²) >= 11 is 1.25. The van der Waals surface area contributed by atoms with Gasteiger partial charge in [0.25, 0.3) is 0 Å². The highest BCUT2D eigenvalue weighted by molar-refractivity contribution is 8.00. The number of methoxy groups -OCH3 is 2. The molecule has 2 aromatic carbocycles. The summed E-state index contributed by atoms with van der Waals surface area (Å²) in [5, 5.41) is 2.73. The number of benzene rings is 2. The minimum absolute atomic E-state index is 0.0420. The number of thioether (sulfide) groups is 1. The van der Waals surface area contributed by atoms with E-state index in [9.17, 15) is 14.4 Å². The molecular weight excluding hydrogens is 406 g/mol. The number of esters is 1. The van der Waals surface area contributed by atoms with E-state index in [-0.39, 0.29) is 24.1 Å². The molecule has 0 aliphatic rings. The van der Waals surface area contributed by atoms with E-state index in [1.54, 1.807) is 49.6 Å². The molecule has 7 nitrogen and oxygen atoms in total. The monoisotopic (exact) mass is 431 g/mol. The van der Waals surface area contributed by atoms with Crippen LogP contribution < -0.4 is 10.1 Å². The molecular formula is C22H25NO6S. The fraction of sp³-hybridized carbons (Fsp3) is 0.318. The molecule has 0 saturated carbocycles. The Morgan fingerprint density at radius 3 is 2.53 bits per heavy atom. The molecule has 0 atom stereocenters. The lowest BCUT2D eigenvalue weighted by molar-refractivity contribution is -0.118. The van der Waals surface area contributed by atoms with Gasteiger partial charge in [0.05, 0.1) is 25.0 Å². The lowest BCUT2D eigenvalue weighted by atomic mass is 10.1. The second kappa shape index (κ2) is 12.0. The van der Waals surface area contributed by atoms with Gasteiger partial charge in [-0.05, 0) is 37.3 Å². The van der Waals surface area contributed by atoms with E-state index in [1.807, 2.05) is 0 Å². The van der Waals surface area contributed by atoms with Crippen molar-refractivity contribution in [3.63, 3.8) is 0 Å². The van der Waals surface area contributed by atoms with Crippen LogP contribution in [0, 0.1) is 0 Å². The molecule has 0 heterocycles. The molecule has 0 aliphatic heterocycles. The first kappa shape index (κ1) is 23.4. The summed E-state index contributed by atoms with van der Waals surface area (Å²) in [5.41, 5.74) is 1.48. The normalized spacial score (nSPS) is 10.4. The van der Waals surface area contributed by atoms with Gasteiger partial charge in [-0.1, -0.05) is 12.1 Å². The number of carbonyl (C=O) groups excluding carboxylic acids is 3. The minimum Gasteiger partial charge on any atom is -0.496 e.